The highest BCUT2D eigenvalue weighted by molar-refractivity contribution is 5.68. The van der Waals surface area contributed by atoms with Crippen LogP contribution in [0.25, 0.3) is 0 Å². The Morgan fingerprint density at radius 1 is 1.46 bits per heavy atom. The average Bonchev–Trinajstić information content (AvgIpc) is 2.45. The van der Waals surface area contributed by atoms with E-state index >= 15 is 0 Å². The average molecular weight is 342 g/mol. The maximum Gasteiger partial charge on any atom is 0.410 e. The fourth-order valence-electron chi connectivity index (χ4n) is 2.48. The Balaban J connectivity index is 2.06. The number of piperidine rings is 1. The van der Waals surface area contributed by atoms with E-state index in [4.69, 9.17) is 14.7 Å². The van der Waals surface area contributed by atoms with Gasteiger partial charge in [-0.05, 0) is 39.7 Å². The van der Waals surface area contributed by atoms with Crippen LogP contribution in [0.4, 0.5) is 14.9 Å². The summed E-state index contributed by atoms with van der Waals surface area (Å²) < 4.78 is 24.4. The summed E-state index contributed by atoms with van der Waals surface area (Å²) >= 11 is 0. The summed E-state index contributed by atoms with van der Waals surface area (Å²) in [5, 5.41) is 19.2. The number of halogens is 1. The van der Waals surface area contributed by atoms with Crippen LogP contribution in [0, 0.1) is 11.0 Å². The lowest BCUT2D eigenvalue weighted by Gasteiger charge is -2.34. The lowest BCUT2D eigenvalue weighted by Crippen LogP contribution is -2.99. The molecule has 0 spiro atoms. The Hall–Kier alpha value is -1.90. The number of likely N-dealkylation sites (tertiary alicyclic amines) is 1. The summed E-state index contributed by atoms with van der Waals surface area (Å²) in [6.45, 7) is 6.17. The first-order chi connectivity index (χ1) is 11.2. The minimum Gasteiger partial charge on any atom is -0.595 e. The van der Waals surface area contributed by atoms with Crippen molar-refractivity contribution in [2.75, 3.05) is 13.1 Å². The number of amides is 1. The summed E-state index contributed by atoms with van der Waals surface area (Å²) in [6, 6.07) is 3.29. The van der Waals surface area contributed by atoms with Gasteiger partial charge in [-0.1, -0.05) is 0 Å². The Bertz CT molecular complexity index is 588. The van der Waals surface area contributed by atoms with E-state index in [0.29, 0.717) is 19.4 Å². The van der Waals surface area contributed by atoms with Crippen LogP contribution in [-0.2, 0) is 4.74 Å². The molecule has 0 saturated carbocycles. The van der Waals surface area contributed by atoms with E-state index in [1.807, 2.05) is 0 Å². The van der Waals surface area contributed by atoms with Gasteiger partial charge in [0.15, 0.2) is 5.75 Å². The highest BCUT2D eigenvalue weighted by Crippen LogP contribution is 2.26. The maximum atomic E-state index is 13.4. The summed E-state index contributed by atoms with van der Waals surface area (Å²) in [6.07, 6.45) is 0.496. The monoisotopic (exact) mass is 342 g/mol. The first-order valence-electron chi connectivity index (χ1n) is 7.83. The maximum absolute atomic E-state index is 13.4. The third-order valence-electron chi connectivity index (χ3n) is 3.50. The highest BCUT2D eigenvalue weighted by Gasteiger charge is 2.29. The van der Waals surface area contributed by atoms with Crippen LogP contribution < -0.4 is 9.96 Å². The van der Waals surface area contributed by atoms with Crippen molar-refractivity contribution in [1.82, 2.24) is 4.90 Å². The van der Waals surface area contributed by atoms with E-state index < -0.39 is 28.8 Å². The number of carbonyl (C=O) groups is 1. The van der Waals surface area contributed by atoms with Crippen LogP contribution in [0.3, 0.4) is 0 Å². The molecule has 1 amide bonds. The molecule has 0 radical (unpaired) electrons. The van der Waals surface area contributed by atoms with Crippen molar-refractivity contribution in [3.8, 4) is 5.75 Å². The van der Waals surface area contributed by atoms with Gasteiger partial charge in [0, 0.05) is 18.7 Å². The number of ether oxygens (including phenoxy) is 2. The summed E-state index contributed by atoms with van der Waals surface area (Å²) in [5.74, 6) is -0.603. The number of rotatable bonds is 3. The Labute approximate surface area is 140 Å². The molecule has 0 bridgehead atoms. The van der Waals surface area contributed by atoms with Crippen molar-refractivity contribution in [1.29, 1.82) is 0 Å². The van der Waals surface area contributed by atoms with E-state index in [2.05, 4.69) is 0 Å². The molecule has 1 fully saturated rings. The molecule has 1 saturated heterocycles. The van der Waals surface area contributed by atoms with Crippen LogP contribution >= 0.6 is 0 Å². The van der Waals surface area contributed by atoms with Crippen molar-refractivity contribution in [3.05, 3.63) is 29.2 Å². The van der Waals surface area contributed by atoms with Crippen LogP contribution in [0.2, 0.25) is 0 Å². The third kappa shape index (κ3) is 5.05. The third-order valence-corrected chi connectivity index (χ3v) is 3.50. The number of nitrogens with zero attached hydrogens (tertiary/aromatic N) is 1. The predicted molar refractivity (Wildman–Crippen MR) is 83.6 cm³/mol. The largest absolute Gasteiger partial charge is 0.595 e. The van der Waals surface area contributed by atoms with Gasteiger partial charge in [-0.25, -0.2) is 14.4 Å². The number of benzene rings is 1. The van der Waals surface area contributed by atoms with Gasteiger partial charge in [0.25, 0.3) is 0 Å². The smallest absolute Gasteiger partial charge is 0.410 e. The van der Waals surface area contributed by atoms with Crippen molar-refractivity contribution in [3.63, 3.8) is 0 Å². The van der Waals surface area contributed by atoms with Gasteiger partial charge in [-0.15, -0.1) is 0 Å². The molecule has 1 heterocycles. The number of nitrogens with one attached hydrogen (secondary N) is 1. The van der Waals surface area contributed by atoms with Crippen molar-refractivity contribution < 1.29 is 29.1 Å². The van der Waals surface area contributed by atoms with Crippen LogP contribution in [0.1, 0.15) is 33.6 Å². The van der Waals surface area contributed by atoms with Gasteiger partial charge in [0.05, 0.1) is 6.54 Å². The fourth-order valence-corrected chi connectivity index (χ4v) is 2.48. The van der Waals surface area contributed by atoms with Crippen LogP contribution in [0.15, 0.2) is 18.2 Å². The van der Waals surface area contributed by atoms with E-state index in [9.17, 15) is 14.4 Å². The molecule has 0 aromatic heterocycles. The van der Waals surface area contributed by atoms with Gasteiger partial charge in [0.2, 0.25) is 5.69 Å². The molecule has 8 heteroatoms. The molecule has 1 aromatic rings. The van der Waals surface area contributed by atoms with Gasteiger partial charge in [-0.2, -0.15) is 5.23 Å². The summed E-state index contributed by atoms with van der Waals surface area (Å²) in [7, 11) is 0. The number of hydrogen-bond donors (Lipinski definition) is 2. The number of carbonyl (C=O) groups excluding carboxylic acids is 1. The van der Waals surface area contributed by atoms with E-state index in [-0.39, 0.29) is 18.0 Å². The van der Waals surface area contributed by atoms with Crippen molar-refractivity contribution >= 4 is 11.8 Å². The van der Waals surface area contributed by atoms with Gasteiger partial charge in [-0.3, -0.25) is 0 Å². The highest BCUT2D eigenvalue weighted by atomic mass is 19.1. The normalized spacial score (nSPS) is 19.8. The minimum atomic E-state index is -1.19. The Morgan fingerprint density at radius 3 is 2.79 bits per heavy atom. The molecule has 1 aliphatic heterocycles. The quantitative estimate of drug-likeness (QED) is 0.821. The van der Waals surface area contributed by atoms with Crippen LogP contribution in [-0.4, -0.2) is 41.0 Å². The molecule has 0 aliphatic carbocycles. The fraction of sp³-hybridized carbons (Fsp3) is 0.562. The molecular weight excluding hydrogens is 319 g/mol. The minimum absolute atomic E-state index is 0.0291. The topological polar surface area (TPSA) is 86.5 Å². The summed E-state index contributed by atoms with van der Waals surface area (Å²) in [5.41, 5.74) is -0.699. The van der Waals surface area contributed by atoms with E-state index in [1.165, 1.54) is 11.0 Å². The second-order valence-electron chi connectivity index (χ2n) is 6.75. The second-order valence-corrected chi connectivity index (χ2v) is 6.75. The zero-order valence-electron chi connectivity index (χ0n) is 14.0. The molecule has 7 nitrogen and oxygen atoms in total. The van der Waals surface area contributed by atoms with E-state index in [1.54, 1.807) is 20.8 Å². The molecule has 1 aromatic carbocycles. The first-order valence-corrected chi connectivity index (χ1v) is 7.83. The molecule has 2 atom stereocenters. The Kier molecular flexibility index (Phi) is 5.63. The zero-order valence-corrected chi connectivity index (χ0v) is 14.0. The van der Waals surface area contributed by atoms with Crippen molar-refractivity contribution in [2.45, 2.75) is 45.3 Å². The molecule has 1 aliphatic rings. The van der Waals surface area contributed by atoms with Crippen molar-refractivity contribution in [2.24, 2.45) is 0 Å². The summed E-state index contributed by atoms with van der Waals surface area (Å²) in [4.78, 5) is 13.7. The van der Waals surface area contributed by atoms with Gasteiger partial charge in [0.1, 0.15) is 17.5 Å². The lowest BCUT2D eigenvalue weighted by atomic mass is 10.1. The van der Waals surface area contributed by atoms with E-state index in [0.717, 1.165) is 12.1 Å². The zero-order chi connectivity index (χ0) is 17.9. The number of hydrogen-bond acceptors (Lipinski definition) is 5. The van der Waals surface area contributed by atoms with Crippen LogP contribution in [0.5, 0.6) is 5.75 Å². The predicted octanol–water partition coefficient (Wildman–Crippen LogP) is 2.01. The molecule has 2 N–H and O–H groups in total. The Morgan fingerprint density at radius 2 is 2.17 bits per heavy atom. The molecule has 2 rings (SSSR count). The molecule has 134 valence electrons. The lowest BCUT2D eigenvalue weighted by molar-refractivity contribution is -0.991. The second kappa shape index (κ2) is 7.33. The molecular formula is C16H23FN2O5. The standard InChI is InChI=1S/C16H23FN2O5/c1-16(2,3)24-15(20)18-8-4-5-12(10-18)23-14-9-11(17)6-7-13(14)19(21)22/h6-7,9,12,19,21H,4-5,8,10H2,1-3H3/t12-/m1/s1. The first kappa shape index (κ1) is 18.4. The van der Waals surface area contributed by atoms with Gasteiger partial charge >= 0.3 is 6.09 Å². The van der Waals surface area contributed by atoms with Gasteiger partial charge < -0.3 is 19.6 Å². The molecule has 1 unspecified atom stereocenters. The SMILES string of the molecule is CC(C)(C)OC(=O)N1CCC[C@@H](Oc2cc(F)ccc2[NH+]([O-])O)C1. The molecule has 24 heavy (non-hydrogen) atoms. The number of quaternary nitrogens is 1.